The van der Waals surface area contributed by atoms with Crippen LogP contribution >= 0.6 is 11.6 Å². The van der Waals surface area contributed by atoms with Crippen molar-refractivity contribution in [3.63, 3.8) is 0 Å². The van der Waals surface area contributed by atoms with E-state index in [1.54, 1.807) is 19.2 Å². The lowest BCUT2D eigenvalue weighted by Gasteiger charge is -2.37. The first-order chi connectivity index (χ1) is 20.7. The monoisotopic (exact) mass is 619 g/mol. The molecule has 0 spiro atoms. The molecule has 2 aliphatic rings. The van der Waals surface area contributed by atoms with Crippen LogP contribution in [0.15, 0.2) is 36.4 Å². The summed E-state index contributed by atoms with van der Waals surface area (Å²) in [6.45, 7) is 3.78. The van der Waals surface area contributed by atoms with Gasteiger partial charge in [0.2, 0.25) is 12.2 Å². The van der Waals surface area contributed by atoms with E-state index in [9.17, 15) is 19.5 Å². The number of anilines is 2. The number of ether oxygens (including phenoxy) is 4. The Hall–Kier alpha value is -3.46. The third-order valence-electron chi connectivity index (χ3n) is 7.36. The van der Waals surface area contributed by atoms with Gasteiger partial charge >= 0.3 is 5.97 Å². The number of piperidine rings is 1. The first kappa shape index (κ1) is 32.5. The van der Waals surface area contributed by atoms with Crippen molar-refractivity contribution in [3.8, 4) is 5.75 Å². The maximum Gasteiger partial charge on any atom is 0.340 e. The second-order valence-electron chi connectivity index (χ2n) is 10.4. The Morgan fingerprint density at radius 3 is 2.51 bits per heavy atom. The Morgan fingerprint density at radius 2 is 1.84 bits per heavy atom. The zero-order chi connectivity index (χ0) is 30.9. The highest BCUT2D eigenvalue weighted by atomic mass is 35.5. The highest BCUT2D eigenvalue weighted by Crippen LogP contribution is 2.29. The van der Waals surface area contributed by atoms with Crippen molar-refractivity contribution in [2.24, 2.45) is 0 Å². The maximum absolute atomic E-state index is 13.0. The average Bonchev–Trinajstić information content (AvgIpc) is 2.99. The molecule has 2 aromatic carbocycles. The lowest BCUT2D eigenvalue weighted by Crippen LogP contribution is -2.55. The summed E-state index contributed by atoms with van der Waals surface area (Å²) in [4.78, 5) is 42.1. The molecule has 2 heterocycles. The van der Waals surface area contributed by atoms with E-state index in [1.807, 2.05) is 9.80 Å². The number of benzene rings is 2. The molecule has 13 nitrogen and oxygen atoms in total. The number of esters is 1. The Kier molecular flexibility index (Phi) is 11.6. The molecule has 0 aromatic heterocycles. The van der Waals surface area contributed by atoms with E-state index in [-0.39, 0.29) is 53.2 Å². The summed E-state index contributed by atoms with van der Waals surface area (Å²) < 4.78 is 21.4. The number of carbonyl (C=O) groups is 3. The molecule has 0 radical (unpaired) electrons. The minimum absolute atomic E-state index is 0.111. The molecule has 2 aromatic rings. The summed E-state index contributed by atoms with van der Waals surface area (Å²) in [5.74, 6) is -0.948. The van der Waals surface area contributed by atoms with E-state index in [4.69, 9.17) is 36.3 Å². The molecule has 5 N–H and O–H groups in total. The van der Waals surface area contributed by atoms with E-state index in [0.29, 0.717) is 62.9 Å². The zero-order valence-electron chi connectivity index (χ0n) is 24.2. The molecule has 3 atom stereocenters. The number of hydrogen-bond donors (Lipinski definition) is 4. The van der Waals surface area contributed by atoms with Crippen molar-refractivity contribution < 1.29 is 38.4 Å². The van der Waals surface area contributed by atoms with Crippen LogP contribution in [0, 0.1) is 0 Å². The number of nitrogens with two attached hydrogens (primary N) is 1. The van der Waals surface area contributed by atoms with Crippen molar-refractivity contribution in [1.82, 2.24) is 15.1 Å². The van der Waals surface area contributed by atoms with Gasteiger partial charge in [-0.1, -0.05) is 11.6 Å². The molecule has 2 saturated heterocycles. The second kappa shape index (κ2) is 15.3. The number of aliphatic hydroxyl groups is 1. The van der Waals surface area contributed by atoms with Crippen LogP contribution in [0.4, 0.5) is 11.4 Å². The topological polar surface area (TPSA) is 165 Å². The zero-order valence-corrected chi connectivity index (χ0v) is 25.0. The van der Waals surface area contributed by atoms with Gasteiger partial charge in [-0.05, 0) is 36.8 Å². The molecule has 14 heteroatoms. The molecule has 1 unspecified atom stereocenters. The van der Waals surface area contributed by atoms with Crippen molar-refractivity contribution in [3.05, 3.63) is 52.5 Å². The minimum Gasteiger partial charge on any atom is -0.496 e. The third kappa shape index (κ3) is 9.02. The van der Waals surface area contributed by atoms with Gasteiger partial charge in [0.15, 0.2) is 0 Å². The molecular weight excluding hydrogens is 582 g/mol. The van der Waals surface area contributed by atoms with Gasteiger partial charge in [0.25, 0.3) is 5.91 Å². The first-order valence-electron chi connectivity index (χ1n) is 13.9. The fraction of sp³-hybridized carbons (Fsp3) is 0.483. The van der Waals surface area contributed by atoms with Crippen molar-refractivity contribution in [2.75, 3.05) is 77.8 Å². The molecule has 0 bridgehead atoms. The largest absolute Gasteiger partial charge is 0.496 e. The number of rotatable bonds is 11. The van der Waals surface area contributed by atoms with Gasteiger partial charge in [0, 0.05) is 45.0 Å². The van der Waals surface area contributed by atoms with E-state index in [0.717, 1.165) is 0 Å². The van der Waals surface area contributed by atoms with Crippen molar-refractivity contribution in [1.29, 1.82) is 0 Å². The number of nitrogen functional groups attached to an aromatic ring is 1. The quantitative estimate of drug-likeness (QED) is 0.162. The predicted molar refractivity (Wildman–Crippen MR) is 159 cm³/mol. The molecular formula is C29H38ClN5O8. The summed E-state index contributed by atoms with van der Waals surface area (Å²) >= 11 is 6.12. The smallest absolute Gasteiger partial charge is 0.340 e. The normalized spacial score (nSPS) is 20.2. The number of amides is 2. The van der Waals surface area contributed by atoms with Crippen LogP contribution in [0.3, 0.4) is 0 Å². The Balaban J connectivity index is 1.24. The molecule has 2 aliphatic heterocycles. The lowest BCUT2D eigenvalue weighted by molar-refractivity contribution is -0.118. The van der Waals surface area contributed by atoms with Crippen LogP contribution in [-0.4, -0.2) is 118 Å². The Bertz CT molecular complexity index is 1270. The van der Waals surface area contributed by atoms with Gasteiger partial charge in [0.05, 0.1) is 67.4 Å². The second-order valence-corrected chi connectivity index (χ2v) is 10.8. The number of morpholine rings is 1. The molecule has 2 fully saturated rings. The third-order valence-corrected chi connectivity index (χ3v) is 7.69. The highest BCUT2D eigenvalue weighted by molar-refractivity contribution is 6.33. The molecule has 0 aliphatic carbocycles. The fourth-order valence-electron chi connectivity index (χ4n) is 5.02. The van der Waals surface area contributed by atoms with E-state index < -0.39 is 12.3 Å². The number of β-amino-alcohol motifs (C(OH)–C–C–N with tert-alkyl or cyclic N) is 1. The van der Waals surface area contributed by atoms with Crippen molar-refractivity contribution >= 4 is 40.8 Å². The minimum atomic E-state index is -1.25. The number of hydrogen-bond acceptors (Lipinski definition) is 11. The lowest BCUT2D eigenvalue weighted by atomic mass is 10.0. The number of nitrogens with zero attached hydrogens (tertiary/aromatic N) is 2. The predicted octanol–water partition coefficient (Wildman–Crippen LogP) is 1.20. The Labute approximate surface area is 255 Å². The average molecular weight is 620 g/mol. The number of aliphatic hydroxyl groups excluding tert-OH is 1. The summed E-state index contributed by atoms with van der Waals surface area (Å²) in [5, 5.41) is 16.2. The van der Waals surface area contributed by atoms with Gasteiger partial charge in [0.1, 0.15) is 5.75 Å². The molecule has 43 heavy (non-hydrogen) atoms. The Morgan fingerprint density at radius 1 is 1.12 bits per heavy atom. The van der Waals surface area contributed by atoms with Crippen LogP contribution < -0.4 is 21.1 Å². The van der Waals surface area contributed by atoms with Crippen molar-refractivity contribution in [2.45, 2.75) is 24.9 Å². The standard InChI is InChI=1S/C29H38ClN5O8/c1-40-24-14-22(31)21(30)13-20(24)28(38)33-23-7-8-35(15-25(23)41-2)16-26(36)32-19-5-3-18(4-6-19)29(39)43-27(37)17-34-9-11-42-12-10-34/h3-6,13-14,23,25,27,37H,7-12,15-17,31H2,1-2H3,(H,32,36)(H,33,38)/t23-,25+,27?/m1/s1. The number of nitrogens with one attached hydrogen (secondary N) is 2. The van der Waals surface area contributed by atoms with E-state index >= 15 is 0 Å². The van der Waals surface area contributed by atoms with Gasteiger partial charge in [-0.25, -0.2) is 4.79 Å². The van der Waals surface area contributed by atoms with Crippen LogP contribution in [0.5, 0.6) is 5.75 Å². The SMILES string of the molecule is COc1cc(N)c(Cl)cc1C(=O)N[C@@H]1CCN(CC(=O)Nc2ccc(C(=O)OC(O)CN3CCOCC3)cc2)C[C@@H]1OC. The first-order valence-corrected chi connectivity index (χ1v) is 14.3. The molecule has 2 amide bonds. The van der Waals surface area contributed by atoms with Gasteiger partial charge in [-0.15, -0.1) is 0 Å². The summed E-state index contributed by atoms with van der Waals surface area (Å²) in [5.41, 5.74) is 7.17. The summed E-state index contributed by atoms with van der Waals surface area (Å²) in [6, 6.07) is 8.93. The van der Waals surface area contributed by atoms with Crippen LogP contribution in [-0.2, 0) is 19.0 Å². The highest BCUT2D eigenvalue weighted by Gasteiger charge is 2.32. The van der Waals surface area contributed by atoms with Crippen LogP contribution in [0.2, 0.25) is 5.02 Å². The van der Waals surface area contributed by atoms with Gasteiger partial charge < -0.3 is 40.4 Å². The molecule has 0 saturated carbocycles. The number of halogens is 1. The van der Waals surface area contributed by atoms with E-state index in [2.05, 4.69) is 10.6 Å². The molecule has 234 valence electrons. The number of likely N-dealkylation sites (tertiary alicyclic amines) is 1. The van der Waals surface area contributed by atoms with Crippen LogP contribution in [0.1, 0.15) is 27.1 Å². The van der Waals surface area contributed by atoms with Gasteiger partial charge in [-0.2, -0.15) is 0 Å². The molecule has 4 rings (SSSR count). The van der Waals surface area contributed by atoms with E-state index in [1.165, 1.54) is 31.4 Å². The summed E-state index contributed by atoms with van der Waals surface area (Å²) in [7, 11) is 3.01. The number of carbonyl (C=O) groups excluding carboxylic acids is 3. The maximum atomic E-state index is 13.0. The summed E-state index contributed by atoms with van der Waals surface area (Å²) in [6.07, 6.45) is -1.06. The van der Waals surface area contributed by atoms with Gasteiger partial charge in [-0.3, -0.25) is 19.4 Å². The fourth-order valence-corrected chi connectivity index (χ4v) is 5.18. The number of methoxy groups -OCH3 is 2. The van der Waals surface area contributed by atoms with Crippen LogP contribution in [0.25, 0.3) is 0 Å².